The fourth-order valence-corrected chi connectivity index (χ4v) is 1.15. The number of nitro benzene ring substituents is 1. The Balaban J connectivity index is 2.75. The lowest BCUT2D eigenvalue weighted by atomic mass is 10.1. The average molecular weight is 246 g/mol. The number of nitro groups is 1. The lowest BCUT2D eigenvalue weighted by Gasteiger charge is -2.01. The fourth-order valence-electron chi connectivity index (χ4n) is 1.15. The van der Waals surface area contributed by atoms with Crippen molar-refractivity contribution >= 4 is 17.3 Å². The van der Waals surface area contributed by atoms with Crippen LogP contribution in [0.1, 0.15) is 18.9 Å². The molecule has 18 heavy (non-hydrogen) atoms. The summed E-state index contributed by atoms with van der Waals surface area (Å²) >= 11 is 0. The van der Waals surface area contributed by atoms with Gasteiger partial charge in [0, 0.05) is 12.1 Å². The maximum Gasteiger partial charge on any atom is 0.269 e. The molecular formula is C11H10N4O3. The van der Waals surface area contributed by atoms with Crippen molar-refractivity contribution in [1.29, 1.82) is 5.26 Å². The van der Waals surface area contributed by atoms with Crippen LogP contribution >= 0.6 is 0 Å². The minimum absolute atomic E-state index is 0.0138. The highest BCUT2D eigenvalue weighted by molar-refractivity contribution is 5.99. The highest BCUT2D eigenvalue weighted by Gasteiger charge is 2.05. The summed E-state index contributed by atoms with van der Waals surface area (Å²) in [5.41, 5.74) is 3.35. The van der Waals surface area contributed by atoms with Crippen molar-refractivity contribution in [3.63, 3.8) is 0 Å². The summed E-state index contributed by atoms with van der Waals surface area (Å²) in [4.78, 5) is 21.0. The zero-order valence-electron chi connectivity index (χ0n) is 9.58. The first-order valence-electron chi connectivity index (χ1n) is 4.99. The van der Waals surface area contributed by atoms with E-state index in [4.69, 9.17) is 5.26 Å². The molecule has 92 valence electrons. The molecular weight excluding hydrogens is 236 g/mol. The second-order valence-electron chi connectivity index (χ2n) is 3.37. The summed E-state index contributed by atoms with van der Waals surface area (Å²) in [5, 5.41) is 22.5. The molecule has 0 aliphatic heterocycles. The number of rotatable bonds is 4. The molecule has 1 aromatic carbocycles. The molecule has 0 aliphatic carbocycles. The molecule has 0 radical (unpaired) electrons. The second-order valence-corrected chi connectivity index (χ2v) is 3.37. The maximum atomic E-state index is 11.0. The van der Waals surface area contributed by atoms with Crippen LogP contribution in [0.2, 0.25) is 0 Å². The maximum absolute atomic E-state index is 11.0. The largest absolute Gasteiger partial charge is 0.272 e. The Bertz CT molecular complexity index is 528. The third-order valence-corrected chi connectivity index (χ3v) is 2.08. The Hall–Kier alpha value is -2.75. The van der Waals surface area contributed by atoms with Crippen LogP contribution in [0, 0.1) is 21.4 Å². The number of hydrazone groups is 1. The van der Waals surface area contributed by atoms with Crippen molar-refractivity contribution in [3.8, 4) is 6.07 Å². The minimum Gasteiger partial charge on any atom is -0.272 e. The predicted octanol–water partition coefficient (Wildman–Crippen LogP) is 1.35. The highest BCUT2D eigenvalue weighted by atomic mass is 16.6. The Kier molecular flexibility index (Phi) is 4.51. The molecule has 7 nitrogen and oxygen atoms in total. The lowest BCUT2D eigenvalue weighted by Crippen LogP contribution is -2.18. The fraction of sp³-hybridized carbons (Fsp3) is 0.182. The van der Waals surface area contributed by atoms with E-state index in [1.165, 1.54) is 24.3 Å². The van der Waals surface area contributed by atoms with Gasteiger partial charge in [0.05, 0.1) is 16.7 Å². The highest BCUT2D eigenvalue weighted by Crippen LogP contribution is 2.12. The van der Waals surface area contributed by atoms with Gasteiger partial charge in [-0.2, -0.15) is 10.4 Å². The SMILES string of the molecule is C/C(=N/NC(=O)CC#N)c1ccc([N+](=O)[O-])cc1. The number of amides is 1. The van der Waals surface area contributed by atoms with Gasteiger partial charge in [0.1, 0.15) is 6.42 Å². The van der Waals surface area contributed by atoms with Gasteiger partial charge >= 0.3 is 0 Å². The van der Waals surface area contributed by atoms with Gasteiger partial charge in [-0.3, -0.25) is 14.9 Å². The third kappa shape index (κ3) is 3.68. The van der Waals surface area contributed by atoms with Crippen molar-refractivity contribution in [3.05, 3.63) is 39.9 Å². The summed E-state index contributed by atoms with van der Waals surface area (Å²) in [5.74, 6) is -0.501. The van der Waals surface area contributed by atoms with Gasteiger partial charge in [-0.05, 0) is 24.6 Å². The Morgan fingerprint density at radius 3 is 2.61 bits per heavy atom. The van der Waals surface area contributed by atoms with Crippen LogP contribution in [0.4, 0.5) is 5.69 Å². The van der Waals surface area contributed by atoms with Crippen molar-refractivity contribution in [2.45, 2.75) is 13.3 Å². The number of hydrogen-bond donors (Lipinski definition) is 1. The molecule has 0 saturated heterocycles. The van der Waals surface area contributed by atoms with E-state index in [9.17, 15) is 14.9 Å². The Morgan fingerprint density at radius 2 is 2.11 bits per heavy atom. The summed E-state index contributed by atoms with van der Waals surface area (Å²) in [6.45, 7) is 1.65. The van der Waals surface area contributed by atoms with E-state index in [2.05, 4.69) is 10.5 Å². The van der Waals surface area contributed by atoms with Crippen LogP contribution in [0.5, 0.6) is 0 Å². The first kappa shape index (κ1) is 13.3. The molecule has 0 atom stereocenters. The molecule has 0 spiro atoms. The van der Waals surface area contributed by atoms with Gasteiger partial charge in [0.15, 0.2) is 0 Å². The first-order chi connectivity index (χ1) is 8.54. The van der Waals surface area contributed by atoms with E-state index < -0.39 is 10.8 Å². The normalized spacial score (nSPS) is 10.6. The van der Waals surface area contributed by atoms with E-state index in [1.807, 2.05) is 0 Å². The summed E-state index contributed by atoms with van der Waals surface area (Å²) in [6, 6.07) is 7.47. The number of nitrogens with zero attached hydrogens (tertiary/aromatic N) is 3. The molecule has 0 bridgehead atoms. The van der Waals surface area contributed by atoms with E-state index in [1.54, 1.807) is 13.0 Å². The van der Waals surface area contributed by atoms with Gasteiger partial charge in [-0.1, -0.05) is 0 Å². The van der Waals surface area contributed by atoms with E-state index in [-0.39, 0.29) is 12.1 Å². The van der Waals surface area contributed by atoms with Gasteiger partial charge < -0.3 is 0 Å². The predicted molar refractivity (Wildman–Crippen MR) is 63.7 cm³/mol. The quantitative estimate of drug-likeness (QED) is 0.491. The molecule has 0 heterocycles. The van der Waals surface area contributed by atoms with Gasteiger partial charge in [-0.15, -0.1) is 0 Å². The van der Waals surface area contributed by atoms with Crippen molar-refractivity contribution in [1.82, 2.24) is 5.43 Å². The molecule has 0 aliphatic rings. The number of non-ortho nitro benzene ring substituents is 1. The topological polar surface area (TPSA) is 108 Å². The van der Waals surface area contributed by atoms with Crippen LogP contribution < -0.4 is 5.43 Å². The lowest BCUT2D eigenvalue weighted by molar-refractivity contribution is -0.384. The van der Waals surface area contributed by atoms with Crippen LogP contribution in [-0.4, -0.2) is 16.5 Å². The van der Waals surface area contributed by atoms with Gasteiger partial charge in [-0.25, -0.2) is 5.43 Å². The number of benzene rings is 1. The minimum atomic E-state index is -0.501. The van der Waals surface area contributed by atoms with E-state index in [0.717, 1.165) is 0 Å². The smallest absolute Gasteiger partial charge is 0.269 e. The zero-order chi connectivity index (χ0) is 13.5. The number of carbonyl (C=O) groups excluding carboxylic acids is 1. The van der Waals surface area contributed by atoms with Crippen molar-refractivity contribution in [2.75, 3.05) is 0 Å². The molecule has 0 aromatic heterocycles. The van der Waals surface area contributed by atoms with Crippen molar-refractivity contribution in [2.24, 2.45) is 5.10 Å². The van der Waals surface area contributed by atoms with Crippen LogP contribution in [0.25, 0.3) is 0 Å². The third-order valence-electron chi connectivity index (χ3n) is 2.08. The van der Waals surface area contributed by atoms with Crippen LogP contribution in [0.15, 0.2) is 29.4 Å². The number of nitriles is 1. The molecule has 1 amide bonds. The molecule has 0 unspecified atom stereocenters. The average Bonchev–Trinajstić information content (AvgIpc) is 2.36. The molecule has 1 rings (SSSR count). The van der Waals surface area contributed by atoms with Crippen molar-refractivity contribution < 1.29 is 9.72 Å². The Morgan fingerprint density at radius 1 is 1.50 bits per heavy atom. The first-order valence-corrected chi connectivity index (χ1v) is 4.99. The molecule has 1 aromatic rings. The van der Waals surface area contributed by atoms with Gasteiger partial charge in [0.2, 0.25) is 0 Å². The second kappa shape index (κ2) is 6.10. The van der Waals surface area contributed by atoms with Crippen LogP contribution in [-0.2, 0) is 4.79 Å². The summed E-state index contributed by atoms with van der Waals surface area (Å²) in [6.07, 6.45) is -0.267. The van der Waals surface area contributed by atoms with Crippen LogP contribution in [0.3, 0.4) is 0 Å². The number of carbonyl (C=O) groups is 1. The molecule has 1 N–H and O–H groups in total. The van der Waals surface area contributed by atoms with Gasteiger partial charge in [0.25, 0.3) is 11.6 Å². The summed E-state index contributed by atoms with van der Waals surface area (Å²) in [7, 11) is 0. The molecule has 0 fully saturated rings. The number of hydrogen-bond acceptors (Lipinski definition) is 5. The monoisotopic (exact) mass is 246 g/mol. The number of nitrogens with one attached hydrogen (secondary N) is 1. The molecule has 7 heteroatoms. The zero-order valence-corrected chi connectivity index (χ0v) is 9.58. The molecule has 0 saturated carbocycles. The van der Waals surface area contributed by atoms with E-state index >= 15 is 0 Å². The van der Waals surface area contributed by atoms with E-state index in [0.29, 0.717) is 11.3 Å². The standard InChI is InChI=1S/C11H10N4O3/c1-8(13-14-11(16)6-7-12)9-2-4-10(5-3-9)15(17)18/h2-5H,6H2,1H3,(H,14,16)/b13-8-. The summed E-state index contributed by atoms with van der Waals surface area (Å²) < 4.78 is 0. The Labute approximate surface area is 103 Å².